The first-order chi connectivity index (χ1) is 16.5. The van der Waals surface area contributed by atoms with Gasteiger partial charge in [0.05, 0.1) is 25.9 Å². The number of nitrogens with zero attached hydrogens (tertiary/aromatic N) is 2. The van der Waals surface area contributed by atoms with Crippen LogP contribution in [0.2, 0.25) is 0 Å². The van der Waals surface area contributed by atoms with Crippen molar-refractivity contribution < 1.29 is 23.0 Å². The molecule has 0 saturated carbocycles. The Morgan fingerprint density at radius 2 is 1.38 bits per heavy atom. The lowest BCUT2D eigenvalue weighted by molar-refractivity contribution is 0.126. The van der Waals surface area contributed by atoms with Crippen LogP contribution >= 0.6 is 0 Å². The molecule has 0 radical (unpaired) electrons. The number of benzene rings is 3. The van der Waals surface area contributed by atoms with Crippen LogP contribution < -0.4 is 14.8 Å². The zero-order valence-electron chi connectivity index (χ0n) is 19.1. The Morgan fingerprint density at radius 1 is 0.824 bits per heavy atom. The highest BCUT2D eigenvalue weighted by atomic mass is 19.1. The summed E-state index contributed by atoms with van der Waals surface area (Å²) in [6, 6.07) is 17.5. The maximum atomic E-state index is 13.5. The molecule has 0 spiro atoms. The average Bonchev–Trinajstić information content (AvgIpc) is 2.87. The van der Waals surface area contributed by atoms with Crippen molar-refractivity contribution in [1.82, 2.24) is 9.80 Å². The minimum Gasteiger partial charge on any atom is -0.497 e. The maximum Gasteiger partial charge on any atom is 0.322 e. The van der Waals surface area contributed by atoms with Gasteiger partial charge >= 0.3 is 6.03 Å². The molecule has 1 saturated heterocycles. The van der Waals surface area contributed by atoms with E-state index in [0.29, 0.717) is 43.4 Å². The van der Waals surface area contributed by atoms with Gasteiger partial charge in [-0.05, 0) is 47.5 Å². The van der Waals surface area contributed by atoms with E-state index >= 15 is 0 Å². The molecule has 1 aliphatic rings. The van der Waals surface area contributed by atoms with Crippen LogP contribution in [0.1, 0.15) is 17.2 Å². The van der Waals surface area contributed by atoms with E-state index in [2.05, 4.69) is 10.2 Å². The quantitative estimate of drug-likeness (QED) is 0.559. The molecule has 3 aromatic rings. The Morgan fingerprint density at radius 3 is 1.88 bits per heavy atom. The van der Waals surface area contributed by atoms with Gasteiger partial charge < -0.3 is 19.7 Å². The van der Waals surface area contributed by atoms with E-state index in [1.807, 2.05) is 0 Å². The van der Waals surface area contributed by atoms with E-state index in [4.69, 9.17) is 9.47 Å². The van der Waals surface area contributed by atoms with Crippen LogP contribution in [0.3, 0.4) is 0 Å². The molecular formula is C26H27F2N3O3. The van der Waals surface area contributed by atoms with Crippen molar-refractivity contribution in [2.24, 2.45) is 0 Å². The number of amides is 2. The maximum absolute atomic E-state index is 13.5. The zero-order chi connectivity index (χ0) is 24.1. The van der Waals surface area contributed by atoms with Crippen LogP contribution in [0.5, 0.6) is 11.5 Å². The largest absolute Gasteiger partial charge is 0.497 e. The van der Waals surface area contributed by atoms with Gasteiger partial charge in [-0.2, -0.15) is 0 Å². The fraction of sp³-hybridized carbons (Fsp3) is 0.269. The highest BCUT2D eigenvalue weighted by Gasteiger charge is 2.28. The lowest BCUT2D eigenvalue weighted by Gasteiger charge is -2.39. The third kappa shape index (κ3) is 5.28. The molecule has 8 heteroatoms. The van der Waals surface area contributed by atoms with E-state index in [1.165, 1.54) is 31.4 Å². The van der Waals surface area contributed by atoms with Gasteiger partial charge in [0, 0.05) is 32.2 Å². The Balaban J connectivity index is 1.47. The number of halogens is 2. The van der Waals surface area contributed by atoms with Gasteiger partial charge in [-0.1, -0.05) is 24.3 Å². The summed E-state index contributed by atoms with van der Waals surface area (Å²) in [5, 5.41) is 2.91. The normalized spacial score (nSPS) is 14.2. The monoisotopic (exact) mass is 467 g/mol. The summed E-state index contributed by atoms with van der Waals surface area (Å²) >= 11 is 0. The fourth-order valence-corrected chi connectivity index (χ4v) is 4.18. The van der Waals surface area contributed by atoms with Crippen LogP contribution in [-0.4, -0.2) is 56.2 Å². The second kappa shape index (κ2) is 10.5. The van der Waals surface area contributed by atoms with Gasteiger partial charge in [0.1, 0.15) is 23.1 Å². The van der Waals surface area contributed by atoms with E-state index in [1.54, 1.807) is 54.5 Å². The summed E-state index contributed by atoms with van der Waals surface area (Å²) < 4.78 is 37.6. The highest BCUT2D eigenvalue weighted by molar-refractivity contribution is 5.91. The predicted octanol–water partition coefficient (Wildman–Crippen LogP) is 4.92. The first-order valence-corrected chi connectivity index (χ1v) is 11.0. The molecule has 1 fully saturated rings. The predicted molar refractivity (Wildman–Crippen MR) is 126 cm³/mol. The Labute approximate surface area is 197 Å². The van der Waals surface area contributed by atoms with Crippen LogP contribution in [0, 0.1) is 11.6 Å². The van der Waals surface area contributed by atoms with Crippen LogP contribution in [0.25, 0.3) is 0 Å². The summed E-state index contributed by atoms with van der Waals surface area (Å²) in [5.41, 5.74) is 2.38. The number of hydrogen-bond donors (Lipinski definition) is 1. The van der Waals surface area contributed by atoms with Crippen molar-refractivity contribution in [3.05, 3.63) is 89.5 Å². The smallest absolute Gasteiger partial charge is 0.322 e. The van der Waals surface area contributed by atoms with Crippen LogP contribution in [0.15, 0.2) is 66.7 Å². The van der Waals surface area contributed by atoms with Gasteiger partial charge in [0.25, 0.3) is 0 Å². The van der Waals surface area contributed by atoms with Gasteiger partial charge in [-0.15, -0.1) is 0 Å². The average molecular weight is 468 g/mol. The van der Waals surface area contributed by atoms with Crippen molar-refractivity contribution in [3.8, 4) is 11.5 Å². The molecule has 0 atom stereocenters. The first kappa shape index (κ1) is 23.5. The number of anilines is 1. The molecule has 1 heterocycles. The number of ether oxygens (including phenoxy) is 2. The van der Waals surface area contributed by atoms with Crippen molar-refractivity contribution in [3.63, 3.8) is 0 Å². The number of nitrogens with one attached hydrogen (secondary N) is 1. The summed E-state index contributed by atoms with van der Waals surface area (Å²) in [6.07, 6.45) is 0. The van der Waals surface area contributed by atoms with Crippen LogP contribution in [0.4, 0.5) is 19.3 Å². The molecule has 1 aliphatic heterocycles. The molecule has 0 aromatic heterocycles. The Kier molecular flexibility index (Phi) is 7.27. The molecule has 34 heavy (non-hydrogen) atoms. The molecule has 0 aliphatic carbocycles. The Hall–Kier alpha value is -3.65. The SMILES string of the molecule is COc1ccc(NC(=O)N2CCN(C(c3ccc(F)cc3)c3ccc(F)cc3)CC2)c(OC)c1. The summed E-state index contributed by atoms with van der Waals surface area (Å²) in [4.78, 5) is 16.9. The summed E-state index contributed by atoms with van der Waals surface area (Å²) in [5.74, 6) is 0.532. The minimum atomic E-state index is -0.308. The molecule has 6 nitrogen and oxygen atoms in total. The minimum absolute atomic E-state index is 0.173. The molecule has 4 rings (SSSR count). The molecule has 178 valence electrons. The molecular weight excluding hydrogens is 440 g/mol. The van der Waals surface area contributed by atoms with E-state index in [0.717, 1.165) is 11.1 Å². The number of rotatable bonds is 6. The zero-order valence-corrected chi connectivity index (χ0v) is 19.1. The molecule has 1 N–H and O–H groups in total. The van der Waals surface area contributed by atoms with Crippen molar-refractivity contribution in [1.29, 1.82) is 0 Å². The number of piperazine rings is 1. The fourth-order valence-electron chi connectivity index (χ4n) is 4.18. The molecule has 0 unspecified atom stereocenters. The van der Waals surface area contributed by atoms with Crippen molar-refractivity contribution in [2.75, 3.05) is 45.7 Å². The van der Waals surface area contributed by atoms with Gasteiger partial charge in [-0.3, -0.25) is 4.90 Å². The molecule has 3 aromatic carbocycles. The Bertz CT molecular complexity index is 1070. The number of carbonyl (C=O) groups excluding carboxylic acids is 1. The van der Waals surface area contributed by atoms with Crippen molar-refractivity contribution in [2.45, 2.75) is 6.04 Å². The second-order valence-corrected chi connectivity index (χ2v) is 8.03. The number of urea groups is 1. The van der Waals surface area contributed by atoms with Gasteiger partial charge in [0.2, 0.25) is 0 Å². The summed E-state index contributed by atoms with van der Waals surface area (Å²) in [7, 11) is 3.10. The van der Waals surface area contributed by atoms with Gasteiger partial charge in [0.15, 0.2) is 0 Å². The number of methoxy groups -OCH3 is 2. The molecule has 0 bridgehead atoms. The van der Waals surface area contributed by atoms with E-state index in [9.17, 15) is 13.6 Å². The van der Waals surface area contributed by atoms with E-state index < -0.39 is 0 Å². The first-order valence-electron chi connectivity index (χ1n) is 11.0. The highest BCUT2D eigenvalue weighted by Crippen LogP contribution is 2.31. The molecule has 2 amide bonds. The third-order valence-electron chi connectivity index (χ3n) is 5.99. The lowest BCUT2D eigenvalue weighted by Crippen LogP contribution is -2.51. The van der Waals surface area contributed by atoms with Crippen LogP contribution in [-0.2, 0) is 0 Å². The standard InChI is InChI=1S/C26H27F2N3O3/c1-33-22-11-12-23(24(17-22)34-2)29-26(32)31-15-13-30(14-16-31)25(18-3-7-20(27)8-4-18)19-5-9-21(28)10-6-19/h3-12,17,25H,13-16H2,1-2H3,(H,29,32). The lowest BCUT2D eigenvalue weighted by atomic mass is 9.96. The topological polar surface area (TPSA) is 54.0 Å². The summed E-state index contributed by atoms with van der Waals surface area (Å²) in [6.45, 7) is 2.21. The van der Waals surface area contributed by atoms with E-state index in [-0.39, 0.29) is 23.7 Å². The second-order valence-electron chi connectivity index (χ2n) is 8.03. The van der Waals surface area contributed by atoms with Crippen molar-refractivity contribution >= 4 is 11.7 Å². The number of hydrogen-bond acceptors (Lipinski definition) is 4. The third-order valence-corrected chi connectivity index (χ3v) is 5.99. The number of carbonyl (C=O) groups is 1. The van der Waals surface area contributed by atoms with Gasteiger partial charge in [-0.25, -0.2) is 13.6 Å².